The number of hydrogen-bond donors (Lipinski definition) is 1. The molecule has 2 aromatic rings. The maximum absolute atomic E-state index is 13.3. The number of aryl methyl sites for hydroxylation is 2. The molecule has 1 atom stereocenters. The largest absolute Gasteiger partial charge is 0.350 e. The van der Waals surface area contributed by atoms with Gasteiger partial charge in [0.05, 0.1) is 0 Å². The minimum Gasteiger partial charge on any atom is -0.350 e. The van der Waals surface area contributed by atoms with Gasteiger partial charge in [0.15, 0.2) is 0 Å². The van der Waals surface area contributed by atoms with Crippen LogP contribution in [0, 0.1) is 0 Å². The molecule has 2 aromatic carbocycles. The van der Waals surface area contributed by atoms with E-state index in [9.17, 15) is 9.59 Å². The fraction of sp³-hybridized carbons (Fsp3) is 0.462. The Hall–Kier alpha value is -2.33. The second-order valence-corrected chi connectivity index (χ2v) is 9.35. The van der Waals surface area contributed by atoms with Crippen molar-refractivity contribution in [1.82, 2.24) is 10.2 Å². The number of benzene rings is 2. The highest BCUT2D eigenvalue weighted by Crippen LogP contribution is 2.21. The summed E-state index contributed by atoms with van der Waals surface area (Å²) in [5.41, 5.74) is 2.87. The summed E-state index contributed by atoms with van der Waals surface area (Å²) in [6.45, 7) is 10.2. The Kier molecular flexibility index (Phi) is 9.12. The van der Waals surface area contributed by atoms with E-state index >= 15 is 0 Å². The van der Waals surface area contributed by atoms with E-state index in [1.165, 1.54) is 5.56 Å². The van der Waals surface area contributed by atoms with Gasteiger partial charge >= 0.3 is 0 Å². The number of carbonyl (C=O) groups is 2. The Morgan fingerprint density at radius 3 is 2.16 bits per heavy atom. The fourth-order valence-electron chi connectivity index (χ4n) is 3.52. The number of nitrogens with one attached hydrogen (secondary N) is 1. The van der Waals surface area contributed by atoms with Crippen molar-refractivity contribution in [3.05, 3.63) is 70.2 Å². The predicted molar refractivity (Wildman–Crippen MR) is 128 cm³/mol. The van der Waals surface area contributed by atoms with Crippen molar-refractivity contribution in [2.75, 3.05) is 0 Å². The van der Waals surface area contributed by atoms with Crippen molar-refractivity contribution in [2.45, 2.75) is 78.4 Å². The SMILES string of the molecule is CCc1ccc(CCC(=O)N(Cc2ccccc2Cl)C(CC)C(=O)NC(C)(C)C)cc1. The Morgan fingerprint density at radius 1 is 1.00 bits per heavy atom. The summed E-state index contributed by atoms with van der Waals surface area (Å²) in [4.78, 5) is 28.0. The number of hydrogen-bond acceptors (Lipinski definition) is 2. The van der Waals surface area contributed by atoms with Crippen molar-refractivity contribution < 1.29 is 9.59 Å². The van der Waals surface area contributed by atoms with Crippen LogP contribution >= 0.6 is 11.6 Å². The van der Waals surface area contributed by atoms with Gasteiger partial charge in [-0.05, 0) is 62.8 Å². The number of amides is 2. The Labute approximate surface area is 192 Å². The van der Waals surface area contributed by atoms with E-state index in [1.54, 1.807) is 4.90 Å². The minimum atomic E-state index is -0.550. The normalized spacial score (nSPS) is 12.3. The maximum atomic E-state index is 13.3. The van der Waals surface area contributed by atoms with Crippen LogP contribution in [0.4, 0.5) is 0 Å². The number of rotatable bonds is 9. The highest BCUT2D eigenvalue weighted by Gasteiger charge is 2.30. The highest BCUT2D eigenvalue weighted by atomic mass is 35.5. The smallest absolute Gasteiger partial charge is 0.243 e. The monoisotopic (exact) mass is 442 g/mol. The topological polar surface area (TPSA) is 49.4 Å². The standard InChI is InChI=1S/C26H35ClN2O2/c1-6-19-12-14-20(15-13-19)16-17-24(30)29(18-21-10-8-9-11-22(21)27)23(7-2)25(31)28-26(3,4)5/h8-15,23H,6-7,16-18H2,1-5H3,(H,28,31). The van der Waals surface area contributed by atoms with E-state index in [4.69, 9.17) is 11.6 Å². The van der Waals surface area contributed by atoms with Gasteiger partial charge in [-0.25, -0.2) is 0 Å². The second-order valence-electron chi connectivity index (χ2n) is 8.95. The van der Waals surface area contributed by atoms with Gasteiger partial charge in [0.25, 0.3) is 0 Å². The maximum Gasteiger partial charge on any atom is 0.243 e. The lowest BCUT2D eigenvalue weighted by Crippen LogP contribution is -2.53. The van der Waals surface area contributed by atoms with Crippen molar-refractivity contribution in [3.8, 4) is 0 Å². The summed E-state index contributed by atoms with van der Waals surface area (Å²) in [6, 6.07) is 15.3. The highest BCUT2D eigenvalue weighted by molar-refractivity contribution is 6.31. The first-order valence-electron chi connectivity index (χ1n) is 11.1. The fourth-order valence-corrected chi connectivity index (χ4v) is 3.71. The van der Waals surface area contributed by atoms with Gasteiger partial charge in [0.1, 0.15) is 6.04 Å². The summed E-state index contributed by atoms with van der Waals surface area (Å²) in [5.74, 6) is -0.182. The first-order chi connectivity index (χ1) is 14.6. The van der Waals surface area contributed by atoms with Crippen molar-refractivity contribution >= 4 is 23.4 Å². The van der Waals surface area contributed by atoms with Gasteiger partial charge in [-0.15, -0.1) is 0 Å². The molecule has 2 amide bonds. The van der Waals surface area contributed by atoms with E-state index < -0.39 is 6.04 Å². The van der Waals surface area contributed by atoms with Gasteiger partial charge in [-0.2, -0.15) is 0 Å². The minimum absolute atomic E-state index is 0.0459. The third kappa shape index (κ3) is 7.70. The first-order valence-corrected chi connectivity index (χ1v) is 11.4. The molecule has 0 heterocycles. The van der Waals surface area contributed by atoms with Gasteiger partial charge in [0.2, 0.25) is 11.8 Å². The van der Waals surface area contributed by atoms with Crippen LogP contribution in [-0.2, 0) is 29.0 Å². The molecule has 0 aliphatic rings. The van der Waals surface area contributed by atoms with Crippen LogP contribution in [-0.4, -0.2) is 28.3 Å². The van der Waals surface area contributed by atoms with Crippen LogP contribution in [0.5, 0.6) is 0 Å². The Morgan fingerprint density at radius 2 is 1.61 bits per heavy atom. The van der Waals surface area contributed by atoms with E-state index in [0.717, 1.165) is 17.5 Å². The second kappa shape index (κ2) is 11.3. The molecule has 0 aromatic heterocycles. The van der Waals surface area contributed by atoms with Crippen molar-refractivity contribution in [1.29, 1.82) is 0 Å². The molecule has 0 saturated carbocycles. The van der Waals surface area contributed by atoms with Gasteiger partial charge in [-0.1, -0.05) is 67.9 Å². The van der Waals surface area contributed by atoms with E-state index in [1.807, 2.05) is 52.0 Å². The molecule has 2 rings (SSSR count). The van der Waals surface area contributed by atoms with Crippen LogP contribution in [0.3, 0.4) is 0 Å². The van der Waals surface area contributed by atoms with Crippen LogP contribution in [0.2, 0.25) is 5.02 Å². The Bertz CT molecular complexity index is 872. The van der Waals surface area contributed by atoms with E-state index in [0.29, 0.717) is 30.8 Å². The molecule has 0 aliphatic carbocycles. The van der Waals surface area contributed by atoms with Gasteiger partial charge < -0.3 is 10.2 Å². The molecule has 0 fully saturated rings. The zero-order valence-electron chi connectivity index (χ0n) is 19.4. The van der Waals surface area contributed by atoms with Crippen LogP contribution < -0.4 is 5.32 Å². The third-order valence-corrected chi connectivity index (χ3v) is 5.61. The Balaban J connectivity index is 2.22. The average Bonchev–Trinajstić information content (AvgIpc) is 2.72. The number of nitrogens with zero attached hydrogens (tertiary/aromatic N) is 1. The summed E-state index contributed by atoms with van der Waals surface area (Å²) in [5, 5.41) is 3.63. The quantitative estimate of drug-likeness (QED) is 0.552. The van der Waals surface area contributed by atoms with Crippen molar-refractivity contribution in [2.24, 2.45) is 0 Å². The molecular formula is C26H35ClN2O2. The summed E-state index contributed by atoms with van der Waals surface area (Å²) in [6.07, 6.45) is 2.50. The molecule has 0 bridgehead atoms. The van der Waals surface area contributed by atoms with Crippen LogP contribution in [0.15, 0.2) is 48.5 Å². The summed E-state index contributed by atoms with van der Waals surface area (Å²) in [7, 11) is 0. The summed E-state index contributed by atoms with van der Waals surface area (Å²) < 4.78 is 0. The lowest BCUT2D eigenvalue weighted by atomic mass is 10.0. The molecule has 0 saturated heterocycles. The molecule has 1 unspecified atom stereocenters. The zero-order chi connectivity index (χ0) is 23.0. The molecule has 0 aliphatic heterocycles. The molecular weight excluding hydrogens is 408 g/mol. The molecule has 0 radical (unpaired) electrons. The number of halogens is 1. The predicted octanol–water partition coefficient (Wildman–Crippen LogP) is 5.56. The van der Waals surface area contributed by atoms with E-state index in [2.05, 4.69) is 36.5 Å². The molecule has 31 heavy (non-hydrogen) atoms. The first kappa shape index (κ1) is 24.9. The molecule has 4 nitrogen and oxygen atoms in total. The average molecular weight is 443 g/mol. The lowest BCUT2D eigenvalue weighted by molar-refractivity contribution is -0.142. The lowest BCUT2D eigenvalue weighted by Gasteiger charge is -2.33. The molecule has 1 N–H and O–H groups in total. The van der Waals surface area contributed by atoms with Crippen molar-refractivity contribution in [3.63, 3.8) is 0 Å². The summed E-state index contributed by atoms with van der Waals surface area (Å²) >= 11 is 6.37. The van der Waals surface area contributed by atoms with Crippen LogP contribution in [0.25, 0.3) is 0 Å². The molecule has 5 heteroatoms. The number of carbonyl (C=O) groups excluding carboxylic acids is 2. The third-order valence-electron chi connectivity index (χ3n) is 5.24. The zero-order valence-corrected chi connectivity index (χ0v) is 20.1. The van der Waals surface area contributed by atoms with Gasteiger partial charge in [0, 0.05) is 23.5 Å². The molecule has 168 valence electrons. The van der Waals surface area contributed by atoms with E-state index in [-0.39, 0.29) is 17.4 Å². The molecule has 0 spiro atoms. The van der Waals surface area contributed by atoms with Crippen LogP contribution in [0.1, 0.15) is 64.2 Å². The van der Waals surface area contributed by atoms with Gasteiger partial charge in [-0.3, -0.25) is 9.59 Å².